The van der Waals surface area contributed by atoms with E-state index in [1.54, 1.807) is 0 Å². The maximum atomic E-state index is 10.1. The monoisotopic (exact) mass is 306 g/mol. The molecular weight excluding hydrogens is 272 g/mol. The molecule has 2 bridgehead atoms. The number of fused-ring (bicyclic) bond motifs is 3. The highest BCUT2D eigenvalue weighted by atomic mass is 16.3. The topological polar surface area (TPSA) is 40.5 Å². The van der Waals surface area contributed by atoms with Crippen LogP contribution in [0.4, 0.5) is 0 Å². The molecule has 1 spiro atoms. The molecule has 4 fully saturated rings. The molecular formula is C20H34O2. The average Bonchev–Trinajstić information content (AvgIpc) is 2.77. The van der Waals surface area contributed by atoms with Crippen molar-refractivity contribution in [3.05, 3.63) is 0 Å². The summed E-state index contributed by atoms with van der Waals surface area (Å²) in [5.74, 6) is 2.93. The molecule has 2 nitrogen and oxygen atoms in total. The molecule has 0 heterocycles. The van der Waals surface area contributed by atoms with Crippen molar-refractivity contribution in [3.63, 3.8) is 0 Å². The summed E-state index contributed by atoms with van der Waals surface area (Å²) in [5, 5.41) is 19.9. The van der Waals surface area contributed by atoms with Crippen LogP contribution in [-0.2, 0) is 0 Å². The zero-order valence-electron chi connectivity index (χ0n) is 14.5. The first-order chi connectivity index (χ1) is 10.5. The van der Waals surface area contributed by atoms with Gasteiger partial charge in [0.05, 0.1) is 0 Å². The van der Waals surface area contributed by atoms with E-state index in [4.69, 9.17) is 0 Å². The molecule has 4 rings (SSSR count). The van der Waals surface area contributed by atoms with Gasteiger partial charge in [-0.3, -0.25) is 0 Å². The average molecular weight is 306 g/mol. The van der Waals surface area contributed by atoms with Crippen LogP contribution < -0.4 is 0 Å². The Morgan fingerprint density at radius 1 is 0.909 bits per heavy atom. The van der Waals surface area contributed by atoms with Crippen LogP contribution in [0.1, 0.15) is 71.6 Å². The van der Waals surface area contributed by atoms with E-state index in [9.17, 15) is 10.2 Å². The molecule has 0 aromatic rings. The molecule has 2 heteroatoms. The van der Waals surface area contributed by atoms with Crippen molar-refractivity contribution in [2.24, 2.45) is 39.9 Å². The van der Waals surface area contributed by atoms with Crippen LogP contribution in [0, 0.1) is 39.9 Å². The first-order valence-electron chi connectivity index (χ1n) is 9.69. The van der Waals surface area contributed by atoms with E-state index in [0.717, 1.165) is 11.8 Å². The Hall–Kier alpha value is -0.0800. The van der Waals surface area contributed by atoms with Crippen molar-refractivity contribution < 1.29 is 10.2 Å². The van der Waals surface area contributed by atoms with Gasteiger partial charge in [0.15, 0.2) is 0 Å². The third-order valence-corrected chi connectivity index (χ3v) is 8.99. The molecule has 4 aliphatic rings. The molecule has 2 N–H and O–H groups in total. The number of hydrogen-bond acceptors (Lipinski definition) is 2. The summed E-state index contributed by atoms with van der Waals surface area (Å²) in [6.07, 6.45) is 12.0. The van der Waals surface area contributed by atoms with Crippen LogP contribution in [0.2, 0.25) is 0 Å². The van der Waals surface area contributed by atoms with Gasteiger partial charge in [-0.15, -0.1) is 0 Å². The van der Waals surface area contributed by atoms with E-state index < -0.39 is 0 Å². The van der Waals surface area contributed by atoms with Crippen LogP contribution >= 0.6 is 0 Å². The molecule has 22 heavy (non-hydrogen) atoms. The molecule has 4 saturated carbocycles. The molecule has 4 aliphatic carbocycles. The molecule has 126 valence electrons. The lowest BCUT2D eigenvalue weighted by Gasteiger charge is -2.64. The lowest BCUT2D eigenvalue weighted by molar-refractivity contribution is -0.159. The normalized spacial score (nSPS) is 57.3. The lowest BCUT2D eigenvalue weighted by atomic mass is 9.41. The highest BCUT2D eigenvalue weighted by Crippen LogP contribution is 2.72. The third-order valence-electron chi connectivity index (χ3n) is 8.99. The van der Waals surface area contributed by atoms with Crippen molar-refractivity contribution in [3.8, 4) is 0 Å². The first kappa shape index (κ1) is 15.4. The standard InChI is InChI=1S/C20H34O2/c1-18(13-22)7-3-8-19(2)16(18)6-9-20-10-14(4-5-17(19)20)15(11-20)12-21/h14-17,21-22H,3-13H2,1-2H3/t14-,15+,16-,17+,18+,19-,20+/m1/s1. The van der Waals surface area contributed by atoms with Gasteiger partial charge in [-0.1, -0.05) is 20.3 Å². The second kappa shape index (κ2) is 4.96. The summed E-state index contributed by atoms with van der Waals surface area (Å²) in [4.78, 5) is 0. The maximum absolute atomic E-state index is 10.1. The minimum atomic E-state index is 0.153. The Balaban J connectivity index is 1.69. The second-order valence-corrected chi connectivity index (χ2v) is 9.87. The molecule has 7 atom stereocenters. The van der Waals surface area contributed by atoms with Crippen molar-refractivity contribution in [2.75, 3.05) is 13.2 Å². The van der Waals surface area contributed by atoms with Crippen molar-refractivity contribution in [2.45, 2.75) is 71.6 Å². The smallest absolute Gasteiger partial charge is 0.0487 e. The number of aliphatic hydroxyl groups excluding tert-OH is 2. The highest BCUT2D eigenvalue weighted by Gasteiger charge is 2.64. The molecule has 0 aromatic carbocycles. The summed E-state index contributed by atoms with van der Waals surface area (Å²) in [7, 11) is 0. The van der Waals surface area contributed by atoms with Gasteiger partial charge in [-0.05, 0) is 91.3 Å². The fourth-order valence-corrected chi connectivity index (χ4v) is 8.13. The van der Waals surface area contributed by atoms with Crippen molar-refractivity contribution >= 4 is 0 Å². The predicted octanol–water partition coefficient (Wildman–Crippen LogP) is 4.00. The highest BCUT2D eigenvalue weighted by molar-refractivity contribution is 5.13. The Bertz CT molecular complexity index is 449. The lowest BCUT2D eigenvalue weighted by Crippen LogP contribution is -2.57. The molecule has 0 unspecified atom stereocenters. The first-order valence-corrected chi connectivity index (χ1v) is 9.69. The minimum absolute atomic E-state index is 0.153. The zero-order valence-corrected chi connectivity index (χ0v) is 14.5. The molecule has 0 saturated heterocycles. The van der Waals surface area contributed by atoms with Crippen LogP contribution in [0.15, 0.2) is 0 Å². The summed E-state index contributed by atoms with van der Waals surface area (Å²) in [5.41, 5.74) is 1.12. The summed E-state index contributed by atoms with van der Waals surface area (Å²) in [6, 6.07) is 0. The van der Waals surface area contributed by atoms with Crippen LogP contribution in [-0.4, -0.2) is 23.4 Å². The SMILES string of the molecule is C[C@@]1(CO)CCC[C@]2(C)[C@@H]1CC[C@]13C[C@@H](CO)[C@H](CC[C@H]12)C3. The number of aliphatic hydroxyl groups is 2. The van der Waals surface area contributed by atoms with E-state index in [1.807, 2.05) is 0 Å². The van der Waals surface area contributed by atoms with E-state index >= 15 is 0 Å². The predicted molar refractivity (Wildman–Crippen MR) is 88.3 cm³/mol. The fraction of sp³-hybridized carbons (Fsp3) is 1.00. The van der Waals surface area contributed by atoms with E-state index in [1.165, 1.54) is 57.8 Å². The Morgan fingerprint density at radius 2 is 1.73 bits per heavy atom. The zero-order chi connectivity index (χ0) is 15.6. The van der Waals surface area contributed by atoms with E-state index in [-0.39, 0.29) is 5.41 Å². The van der Waals surface area contributed by atoms with Gasteiger partial charge in [0, 0.05) is 13.2 Å². The summed E-state index contributed by atoms with van der Waals surface area (Å²) < 4.78 is 0. The maximum Gasteiger partial charge on any atom is 0.0487 e. The van der Waals surface area contributed by atoms with Gasteiger partial charge in [0.2, 0.25) is 0 Å². The van der Waals surface area contributed by atoms with Gasteiger partial charge < -0.3 is 10.2 Å². The fourth-order valence-electron chi connectivity index (χ4n) is 8.13. The number of rotatable bonds is 2. The Kier molecular flexibility index (Phi) is 3.48. The van der Waals surface area contributed by atoms with E-state index in [0.29, 0.717) is 35.9 Å². The van der Waals surface area contributed by atoms with Crippen molar-refractivity contribution in [1.29, 1.82) is 0 Å². The molecule has 0 aliphatic heterocycles. The van der Waals surface area contributed by atoms with Gasteiger partial charge in [0.1, 0.15) is 0 Å². The van der Waals surface area contributed by atoms with Crippen LogP contribution in [0.3, 0.4) is 0 Å². The van der Waals surface area contributed by atoms with Gasteiger partial charge in [-0.25, -0.2) is 0 Å². The number of hydrogen-bond donors (Lipinski definition) is 2. The van der Waals surface area contributed by atoms with Crippen molar-refractivity contribution in [1.82, 2.24) is 0 Å². The Morgan fingerprint density at radius 3 is 2.45 bits per heavy atom. The summed E-state index contributed by atoms with van der Waals surface area (Å²) in [6.45, 7) is 5.70. The Labute approximate surface area is 135 Å². The van der Waals surface area contributed by atoms with Gasteiger partial charge >= 0.3 is 0 Å². The molecule has 0 aromatic heterocycles. The minimum Gasteiger partial charge on any atom is -0.396 e. The quantitative estimate of drug-likeness (QED) is 0.809. The van der Waals surface area contributed by atoms with E-state index in [2.05, 4.69) is 13.8 Å². The summed E-state index contributed by atoms with van der Waals surface area (Å²) >= 11 is 0. The van der Waals surface area contributed by atoms with Gasteiger partial charge in [-0.2, -0.15) is 0 Å². The van der Waals surface area contributed by atoms with Crippen LogP contribution in [0.5, 0.6) is 0 Å². The van der Waals surface area contributed by atoms with Crippen LogP contribution in [0.25, 0.3) is 0 Å². The van der Waals surface area contributed by atoms with Gasteiger partial charge in [0.25, 0.3) is 0 Å². The molecule has 0 amide bonds. The second-order valence-electron chi connectivity index (χ2n) is 9.87. The third kappa shape index (κ3) is 1.86. The molecule has 0 radical (unpaired) electrons. The largest absolute Gasteiger partial charge is 0.396 e.